The zero-order chi connectivity index (χ0) is 15.2. The van der Waals surface area contributed by atoms with Crippen molar-refractivity contribution < 1.29 is 4.79 Å². The maximum absolute atomic E-state index is 11.9. The van der Waals surface area contributed by atoms with Gasteiger partial charge in [0.1, 0.15) is 0 Å². The summed E-state index contributed by atoms with van der Waals surface area (Å²) in [5.41, 5.74) is 0. The van der Waals surface area contributed by atoms with Crippen molar-refractivity contribution >= 4 is 29.0 Å². The molecule has 0 radical (unpaired) electrons. The Morgan fingerprint density at radius 2 is 2.43 bits per heavy atom. The summed E-state index contributed by atoms with van der Waals surface area (Å²) in [6.45, 7) is 8.74. The van der Waals surface area contributed by atoms with Crippen LogP contribution in [0.4, 0.5) is 0 Å². The van der Waals surface area contributed by atoms with Crippen LogP contribution in [-0.2, 0) is 11.3 Å². The van der Waals surface area contributed by atoms with Crippen molar-refractivity contribution in [2.75, 3.05) is 6.54 Å². The fourth-order valence-corrected chi connectivity index (χ4v) is 3.43. The normalized spacial score (nSPS) is 12.1. The molecular weight excluding hydrogens is 304 g/mol. The van der Waals surface area contributed by atoms with E-state index in [0.717, 1.165) is 22.4 Å². The van der Waals surface area contributed by atoms with E-state index in [1.807, 2.05) is 35.9 Å². The van der Waals surface area contributed by atoms with Crippen molar-refractivity contribution in [2.45, 2.75) is 30.8 Å². The molecule has 0 aromatic carbocycles. The molecule has 2 aromatic heterocycles. The summed E-state index contributed by atoms with van der Waals surface area (Å²) in [5, 5.41) is 13.8. The highest BCUT2D eigenvalue weighted by Gasteiger charge is 2.20. The third-order valence-corrected chi connectivity index (χ3v) is 4.79. The van der Waals surface area contributed by atoms with Gasteiger partial charge in [0.15, 0.2) is 11.0 Å². The minimum Gasteiger partial charge on any atom is -0.352 e. The molecule has 0 aliphatic carbocycles. The first-order valence-electron chi connectivity index (χ1n) is 6.69. The summed E-state index contributed by atoms with van der Waals surface area (Å²) in [5.74, 6) is 0.830. The van der Waals surface area contributed by atoms with Crippen molar-refractivity contribution in [3.8, 4) is 10.7 Å². The topological polar surface area (TPSA) is 59.8 Å². The lowest BCUT2D eigenvalue weighted by Gasteiger charge is -2.11. The van der Waals surface area contributed by atoms with Gasteiger partial charge in [-0.15, -0.1) is 28.1 Å². The number of carbonyl (C=O) groups excluding carboxylic acids is 1. The van der Waals surface area contributed by atoms with Gasteiger partial charge in [-0.2, -0.15) is 0 Å². The van der Waals surface area contributed by atoms with Crippen LogP contribution in [0.25, 0.3) is 10.7 Å². The molecule has 0 fully saturated rings. The number of nitrogens with one attached hydrogen (secondary N) is 1. The second-order valence-corrected chi connectivity index (χ2v) is 6.58. The molecule has 0 spiro atoms. The first-order valence-corrected chi connectivity index (χ1v) is 8.45. The standard InChI is InChI=1S/C14H18N4OS2/c1-4-8-15-13(19)10(3)21-14-17-16-12(18(14)5-2)11-7-6-9-20-11/h4,6-7,9-10H,1,5,8H2,2-3H3,(H,15,19)/t10-/m1/s1. The zero-order valence-electron chi connectivity index (χ0n) is 12.1. The van der Waals surface area contributed by atoms with Gasteiger partial charge in [0.05, 0.1) is 10.1 Å². The molecule has 112 valence electrons. The van der Waals surface area contributed by atoms with Gasteiger partial charge in [-0.05, 0) is 25.3 Å². The zero-order valence-corrected chi connectivity index (χ0v) is 13.7. The predicted octanol–water partition coefficient (Wildman–Crippen LogP) is 2.81. The monoisotopic (exact) mass is 322 g/mol. The fourth-order valence-electron chi connectivity index (χ4n) is 1.78. The number of thioether (sulfide) groups is 1. The molecule has 0 bridgehead atoms. The van der Waals surface area contributed by atoms with E-state index in [9.17, 15) is 4.79 Å². The Bertz CT molecular complexity index is 607. The Morgan fingerprint density at radius 3 is 3.05 bits per heavy atom. The summed E-state index contributed by atoms with van der Waals surface area (Å²) < 4.78 is 2.04. The maximum Gasteiger partial charge on any atom is 0.233 e. The van der Waals surface area contributed by atoms with Crippen LogP contribution in [0.15, 0.2) is 35.3 Å². The smallest absolute Gasteiger partial charge is 0.233 e. The summed E-state index contributed by atoms with van der Waals surface area (Å²) >= 11 is 3.05. The molecule has 21 heavy (non-hydrogen) atoms. The Morgan fingerprint density at radius 1 is 1.62 bits per heavy atom. The quantitative estimate of drug-likeness (QED) is 0.629. The van der Waals surface area contributed by atoms with E-state index < -0.39 is 0 Å². The van der Waals surface area contributed by atoms with E-state index in [4.69, 9.17) is 0 Å². The number of hydrogen-bond acceptors (Lipinski definition) is 5. The predicted molar refractivity (Wildman–Crippen MR) is 87.5 cm³/mol. The highest BCUT2D eigenvalue weighted by Crippen LogP contribution is 2.28. The van der Waals surface area contributed by atoms with E-state index in [1.165, 1.54) is 11.8 Å². The molecule has 7 heteroatoms. The molecule has 0 aliphatic rings. The Kier molecular flexibility index (Phi) is 5.58. The largest absolute Gasteiger partial charge is 0.352 e. The van der Waals surface area contributed by atoms with E-state index in [-0.39, 0.29) is 11.2 Å². The van der Waals surface area contributed by atoms with Gasteiger partial charge in [0, 0.05) is 13.1 Å². The van der Waals surface area contributed by atoms with Crippen LogP contribution < -0.4 is 5.32 Å². The van der Waals surface area contributed by atoms with Crippen molar-refractivity contribution in [2.24, 2.45) is 0 Å². The average molecular weight is 322 g/mol. The van der Waals surface area contributed by atoms with Gasteiger partial charge < -0.3 is 9.88 Å². The third-order valence-electron chi connectivity index (χ3n) is 2.85. The molecular formula is C14H18N4OS2. The molecule has 2 aromatic rings. The number of aromatic nitrogens is 3. The Balaban J connectivity index is 2.14. The second-order valence-electron chi connectivity index (χ2n) is 4.32. The lowest BCUT2D eigenvalue weighted by Crippen LogP contribution is -2.31. The summed E-state index contributed by atoms with van der Waals surface area (Å²) in [6, 6.07) is 4.02. The number of hydrogen-bond donors (Lipinski definition) is 1. The first kappa shape index (κ1) is 15.8. The molecule has 0 unspecified atom stereocenters. The highest BCUT2D eigenvalue weighted by atomic mass is 32.2. The van der Waals surface area contributed by atoms with Crippen LogP contribution in [0.2, 0.25) is 0 Å². The number of nitrogens with zero attached hydrogens (tertiary/aromatic N) is 3. The van der Waals surface area contributed by atoms with Gasteiger partial charge in [-0.25, -0.2) is 0 Å². The minimum atomic E-state index is -0.226. The number of carbonyl (C=O) groups is 1. The van der Waals surface area contributed by atoms with Crippen LogP contribution >= 0.6 is 23.1 Å². The number of thiophene rings is 1. The van der Waals surface area contributed by atoms with E-state index in [0.29, 0.717) is 6.54 Å². The van der Waals surface area contributed by atoms with Gasteiger partial charge >= 0.3 is 0 Å². The lowest BCUT2D eigenvalue weighted by atomic mass is 10.4. The van der Waals surface area contributed by atoms with E-state index in [1.54, 1.807) is 17.4 Å². The maximum atomic E-state index is 11.9. The number of amides is 1. The first-order chi connectivity index (χ1) is 10.2. The van der Waals surface area contributed by atoms with Crippen LogP contribution in [0, 0.1) is 0 Å². The minimum absolute atomic E-state index is 0.0248. The Hall–Kier alpha value is -1.60. The van der Waals surface area contributed by atoms with Crippen LogP contribution in [0.5, 0.6) is 0 Å². The summed E-state index contributed by atoms with van der Waals surface area (Å²) in [7, 11) is 0. The molecule has 2 heterocycles. The van der Waals surface area contributed by atoms with Crippen LogP contribution in [-0.4, -0.2) is 32.5 Å². The van der Waals surface area contributed by atoms with E-state index >= 15 is 0 Å². The molecule has 1 N–H and O–H groups in total. The highest BCUT2D eigenvalue weighted by molar-refractivity contribution is 8.00. The molecule has 1 atom stereocenters. The molecule has 1 amide bonds. The van der Waals surface area contributed by atoms with Crippen molar-refractivity contribution in [3.05, 3.63) is 30.2 Å². The lowest BCUT2D eigenvalue weighted by molar-refractivity contribution is -0.120. The summed E-state index contributed by atoms with van der Waals surface area (Å²) in [6.07, 6.45) is 1.67. The average Bonchev–Trinajstić information content (AvgIpc) is 3.13. The van der Waals surface area contributed by atoms with E-state index in [2.05, 4.69) is 22.1 Å². The van der Waals surface area contributed by atoms with Gasteiger partial charge in [-0.1, -0.05) is 23.9 Å². The van der Waals surface area contributed by atoms with Crippen molar-refractivity contribution in [3.63, 3.8) is 0 Å². The van der Waals surface area contributed by atoms with Crippen LogP contribution in [0.1, 0.15) is 13.8 Å². The van der Waals surface area contributed by atoms with Crippen LogP contribution in [0.3, 0.4) is 0 Å². The van der Waals surface area contributed by atoms with Gasteiger partial charge in [0.25, 0.3) is 0 Å². The SMILES string of the molecule is C=CCNC(=O)[C@@H](C)Sc1nnc(-c2cccs2)n1CC. The number of rotatable bonds is 7. The summed E-state index contributed by atoms with van der Waals surface area (Å²) in [4.78, 5) is 13.0. The Labute approximate surface area is 132 Å². The molecule has 0 saturated carbocycles. The fraction of sp³-hybridized carbons (Fsp3) is 0.357. The molecule has 2 rings (SSSR count). The second kappa shape index (κ2) is 7.42. The molecule has 5 nitrogen and oxygen atoms in total. The van der Waals surface area contributed by atoms with Gasteiger partial charge in [-0.3, -0.25) is 4.79 Å². The molecule has 0 aliphatic heterocycles. The molecule has 0 saturated heterocycles. The van der Waals surface area contributed by atoms with Gasteiger partial charge in [0.2, 0.25) is 5.91 Å². The van der Waals surface area contributed by atoms with Crippen molar-refractivity contribution in [1.82, 2.24) is 20.1 Å². The third kappa shape index (κ3) is 3.74. The van der Waals surface area contributed by atoms with Crippen molar-refractivity contribution in [1.29, 1.82) is 0 Å².